The molecule has 2 N–H and O–H groups in total. The molecule has 0 bridgehead atoms. The minimum absolute atomic E-state index is 0.0332. The van der Waals surface area contributed by atoms with Crippen LogP contribution in [0.15, 0.2) is 30.5 Å². The van der Waals surface area contributed by atoms with Crippen LogP contribution < -0.4 is 10.6 Å². The lowest BCUT2D eigenvalue weighted by Gasteiger charge is -2.37. The maximum atomic E-state index is 13.2. The number of hydrogen-bond acceptors (Lipinski definition) is 4. The van der Waals surface area contributed by atoms with Crippen LogP contribution in [0, 0.1) is 6.92 Å². The Balaban J connectivity index is 1.31. The van der Waals surface area contributed by atoms with E-state index in [9.17, 15) is 14.4 Å². The lowest BCUT2D eigenvalue weighted by Crippen LogP contribution is -2.53. The molecule has 1 fully saturated rings. The Labute approximate surface area is 198 Å². The van der Waals surface area contributed by atoms with Crippen molar-refractivity contribution in [2.45, 2.75) is 58.2 Å². The summed E-state index contributed by atoms with van der Waals surface area (Å²) in [6.07, 6.45) is 4.50. The number of urea groups is 1. The number of carbonyl (C=O) groups excluding carboxylic acids is 3. The first-order valence-electron chi connectivity index (χ1n) is 11.3. The van der Waals surface area contributed by atoms with E-state index in [1.54, 1.807) is 39.9 Å². The number of fused-ring (bicyclic) bond motifs is 1. The molecule has 2 aliphatic rings. The standard InChI is InChI=1S/C23H29ClN6O3/c1-3-4-20(27-22(32)26-17-7-5-16(24)6-8-17)21(31)28-11-9-18(10-12-28)29-14-19-13-25-15(2)30(19)23(29)33/h5-8,13,18,20H,3-4,9-12,14H2,1-2H3,(H2,26,27,32)/t20-/m1/s1. The van der Waals surface area contributed by atoms with Gasteiger partial charge < -0.3 is 20.4 Å². The molecule has 1 aromatic carbocycles. The maximum absolute atomic E-state index is 13.2. The van der Waals surface area contributed by atoms with Gasteiger partial charge in [0.15, 0.2) is 0 Å². The zero-order chi connectivity index (χ0) is 23.5. The number of piperidine rings is 1. The number of aromatic nitrogens is 2. The van der Waals surface area contributed by atoms with Gasteiger partial charge in [0.05, 0.1) is 18.4 Å². The summed E-state index contributed by atoms with van der Waals surface area (Å²) in [5, 5.41) is 6.14. The summed E-state index contributed by atoms with van der Waals surface area (Å²) in [4.78, 5) is 46.3. The number of carbonyl (C=O) groups is 3. The molecule has 2 aliphatic heterocycles. The van der Waals surface area contributed by atoms with E-state index in [4.69, 9.17) is 11.6 Å². The number of aryl methyl sites for hydroxylation is 1. The summed E-state index contributed by atoms with van der Waals surface area (Å²) in [5.74, 6) is 0.621. The van der Waals surface area contributed by atoms with E-state index in [2.05, 4.69) is 15.6 Å². The molecular formula is C23H29ClN6O3. The van der Waals surface area contributed by atoms with Gasteiger partial charge in [0.25, 0.3) is 0 Å². The molecule has 4 rings (SSSR count). The molecule has 33 heavy (non-hydrogen) atoms. The van der Waals surface area contributed by atoms with E-state index in [0.717, 1.165) is 12.1 Å². The average Bonchev–Trinajstić information content (AvgIpc) is 3.34. The molecule has 1 saturated heterocycles. The molecule has 1 aromatic heterocycles. The van der Waals surface area contributed by atoms with Gasteiger partial charge in [0, 0.05) is 29.8 Å². The predicted molar refractivity (Wildman–Crippen MR) is 125 cm³/mol. The van der Waals surface area contributed by atoms with Crippen molar-refractivity contribution in [3.05, 3.63) is 47.0 Å². The summed E-state index contributed by atoms with van der Waals surface area (Å²) in [6, 6.07) is 5.83. The van der Waals surface area contributed by atoms with E-state index >= 15 is 0 Å². The molecule has 0 saturated carbocycles. The van der Waals surface area contributed by atoms with Crippen molar-refractivity contribution in [2.75, 3.05) is 18.4 Å². The van der Waals surface area contributed by atoms with Crippen LogP contribution >= 0.6 is 11.6 Å². The third-order valence-corrected chi connectivity index (χ3v) is 6.53. The van der Waals surface area contributed by atoms with Crippen molar-refractivity contribution < 1.29 is 14.4 Å². The van der Waals surface area contributed by atoms with Crippen molar-refractivity contribution in [3.63, 3.8) is 0 Å². The van der Waals surface area contributed by atoms with E-state index in [0.29, 0.717) is 55.4 Å². The Bertz CT molecular complexity index is 1030. The van der Waals surface area contributed by atoms with Crippen LogP contribution in [0.3, 0.4) is 0 Å². The van der Waals surface area contributed by atoms with E-state index in [-0.39, 0.29) is 18.0 Å². The highest BCUT2D eigenvalue weighted by Gasteiger charge is 2.37. The molecule has 3 heterocycles. The summed E-state index contributed by atoms with van der Waals surface area (Å²) in [5.41, 5.74) is 1.52. The van der Waals surface area contributed by atoms with Gasteiger partial charge in [-0.05, 0) is 50.5 Å². The van der Waals surface area contributed by atoms with Crippen molar-refractivity contribution in [3.8, 4) is 0 Å². The van der Waals surface area contributed by atoms with Crippen LogP contribution in [0.2, 0.25) is 5.02 Å². The van der Waals surface area contributed by atoms with Gasteiger partial charge in [-0.3, -0.25) is 9.36 Å². The second kappa shape index (κ2) is 9.82. The fraction of sp³-hybridized carbons (Fsp3) is 0.478. The Kier molecular flexibility index (Phi) is 6.88. The highest BCUT2D eigenvalue weighted by molar-refractivity contribution is 6.30. The van der Waals surface area contributed by atoms with Crippen LogP contribution in [0.25, 0.3) is 0 Å². The molecule has 1 atom stereocenters. The van der Waals surface area contributed by atoms with Crippen LogP contribution in [0.5, 0.6) is 0 Å². The van der Waals surface area contributed by atoms with Gasteiger partial charge >= 0.3 is 12.1 Å². The summed E-state index contributed by atoms with van der Waals surface area (Å²) >= 11 is 5.88. The normalized spacial score (nSPS) is 17.1. The Morgan fingerprint density at radius 1 is 1.21 bits per heavy atom. The minimum atomic E-state index is -0.596. The molecule has 10 heteroatoms. The number of nitrogens with zero attached hydrogens (tertiary/aromatic N) is 4. The highest BCUT2D eigenvalue weighted by Crippen LogP contribution is 2.26. The van der Waals surface area contributed by atoms with Crippen molar-refractivity contribution in [1.29, 1.82) is 0 Å². The number of rotatable bonds is 6. The summed E-state index contributed by atoms with van der Waals surface area (Å²) < 4.78 is 1.66. The van der Waals surface area contributed by atoms with E-state index < -0.39 is 12.1 Å². The molecular weight excluding hydrogens is 444 g/mol. The molecule has 0 unspecified atom stereocenters. The lowest BCUT2D eigenvalue weighted by molar-refractivity contribution is -0.134. The van der Waals surface area contributed by atoms with Crippen LogP contribution in [0.4, 0.5) is 15.3 Å². The monoisotopic (exact) mass is 472 g/mol. The highest BCUT2D eigenvalue weighted by atomic mass is 35.5. The first-order valence-corrected chi connectivity index (χ1v) is 11.7. The fourth-order valence-electron chi connectivity index (χ4n) is 4.54. The van der Waals surface area contributed by atoms with E-state index in [1.165, 1.54) is 0 Å². The fourth-order valence-corrected chi connectivity index (χ4v) is 4.67. The third kappa shape index (κ3) is 4.98. The zero-order valence-electron chi connectivity index (χ0n) is 18.9. The minimum Gasteiger partial charge on any atom is -0.341 e. The topological polar surface area (TPSA) is 99.6 Å². The summed E-state index contributed by atoms with van der Waals surface area (Å²) in [7, 11) is 0. The molecule has 176 valence electrons. The van der Waals surface area contributed by atoms with Gasteiger partial charge in [0.2, 0.25) is 5.91 Å². The van der Waals surface area contributed by atoms with Crippen LogP contribution in [-0.2, 0) is 11.3 Å². The van der Waals surface area contributed by atoms with E-state index in [1.807, 2.05) is 18.7 Å². The smallest absolute Gasteiger partial charge is 0.330 e. The number of imidazole rings is 1. The summed E-state index contributed by atoms with van der Waals surface area (Å²) in [6.45, 7) is 5.48. The van der Waals surface area contributed by atoms with Crippen LogP contribution in [-0.4, -0.2) is 62.5 Å². The molecule has 0 radical (unpaired) electrons. The molecule has 4 amide bonds. The number of nitrogens with one attached hydrogen (secondary N) is 2. The Morgan fingerprint density at radius 3 is 2.55 bits per heavy atom. The van der Waals surface area contributed by atoms with Gasteiger partial charge in [-0.1, -0.05) is 24.9 Å². The average molecular weight is 473 g/mol. The number of hydrogen-bond donors (Lipinski definition) is 2. The number of anilines is 1. The molecule has 9 nitrogen and oxygen atoms in total. The first kappa shape index (κ1) is 23.1. The van der Waals surface area contributed by atoms with Gasteiger partial charge in [-0.15, -0.1) is 0 Å². The maximum Gasteiger partial charge on any atom is 0.330 e. The zero-order valence-corrected chi connectivity index (χ0v) is 19.6. The molecule has 2 aromatic rings. The number of likely N-dealkylation sites (tertiary alicyclic amines) is 1. The van der Waals surface area contributed by atoms with Crippen LogP contribution in [0.1, 0.15) is 44.1 Å². The quantitative estimate of drug-likeness (QED) is 0.670. The van der Waals surface area contributed by atoms with Crippen molar-refractivity contribution in [1.82, 2.24) is 24.7 Å². The lowest BCUT2D eigenvalue weighted by atomic mass is 10.0. The second-order valence-corrected chi connectivity index (χ2v) is 8.98. The van der Waals surface area contributed by atoms with Crippen molar-refractivity contribution >= 4 is 35.3 Å². The largest absolute Gasteiger partial charge is 0.341 e. The molecule has 0 spiro atoms. The van der Waals surface area contributed by atoms with Gasteiger partial charge in [-0.2, -0.15) is 0 Å². The number of benzene rings is 1. The SMILES string of the molecule is CCC[C@@H](NC(=O)Nc1ccc(Cl)cc1)C(=O)N1CCC(N2Cc3cnc(C)n3C2=O)CC1. The number of amides is 4. The first-order chi connectivity index (χ1) is 15.9. The van der Waals surface area contributed by atoms with Crippen molar-refractivity contribution in [2.24, 2.45) is 0 Å². The number of halogens is 1. The molecule has 0 aliphatic carbocycles. The predicted octanol–water partition coefficient (Wildman–Crippen LogP) is 3.61. The third-order valence-electron chi connectivity index (χ3n) is 6.28. The van der Waals surface area contributed by atoms with Gasteiger partial charge in [-0.25, -0.2) is 14.6 Å². The van der Waals surface area contributed by atoms with Gasteiger partial charge in [0.1, 0.15) is 11.9 Å². The Hall–Kier alpha value is -3.07. The second-order valence-electron chi connectivity index (χ2n) is 8.55. The Morgan fingerprint density at radius 2 is 1.91 bits per heavy atom.